The number of fused-ring (bicyclic) bond motifs is 1. The molecule has 3 rings (SSSR count). The van der Waals surface area contributed by atoms with E-state index < -0.39 is 0 Å². The maximum atomic E-state index is 12.1. The van der Waals surface area contributed by atoms with Crippen LogP contribution in [0, 0.1) is 11.3 Å². The Bertz CT molecular complexity index is 910. The van der Waals surface area contributed by atoms with E-state index in [1.54, 1.807) is 18.3 Å². The maximum Gasteiger partial charge on any atom is 0.226 e. The van der Waals surface area contributed by atoms with Crippen LogP contribution in [-0.2, 0) is 17.8 Å². The smallest absolute Gasteiger partial charge is 0.226 e. The van der Waals surface area contributed by atoms with Crippen molar-refractivity contribution in [2.75, 3.05) is 0 Å². The number of hydrogen-bond donors (Lipinski definition) is 1. The predicted octanol–water partition coefficient (Wildman–Crippen LogP) is 2.83. The highest BCUT2D eigenvalue weighted by Crippen LogP contribution is 2.14. The standard InChI is InChI=1S/C17H13BrN4O/c18-14-4-5-16-20-10-15(22(16)11-14)7-17(23)21-9-13-3-1-2-12(6-13)8-19/h1-6,10-11H,7,9H2,(H,21,23). The lowest BCUT2D eigenvalue weighted by atomic mass is 10.1. The molecule has 0 aliphatic carbocycles. The minimum Gasteiger partial charge on any atom is -0.352 e. The van der Waals surface area contributed by atoms with E-state index in [4.69, 9.17) is 5.26 Å². The van der Waals surface area contributed by atoms with Gasteiger partial charge in [0, 0.05) is 23.4 Å². The minimum atomic E-state index is -0.0888. The molecule has 0 bridgehead atoms. The summed E-state index contributed by atoms with van der Waals surface area (Å²) in [6, 6.07) is 13.1. The van der Waals surface area contributed by atoms with E-state index in [1.165, 1.54) is 0 Å². The average molecular weight is 369 g/mol. The Labute approximate surface area is 141 Å². The number of amides is 1. The molecule has 0 unspecified atom stereocenters. The van der Waals surface area contributed by atoms with Gasteiger partial charge in [-0.2, -0.15) is 5.26 Å². The Balaban J connectivity index is 1.67. The highest BCUT2D eigenvalue weighted by molar-refractivity contribution is 9.10. The van der Waals surface area contributed by atoms with Crippen LogP contribution in [0.25, 0.3) is 5.65 Å². The van der Waals surface area contributed by atoms with E-state index in [0.29, 0.717) is 12.1 Å². The molecule has 0 radical (unpaired) electrons. The largest absolute Gasteiger partial charge is 0.352 e. The summed E-state index contributed by atoms with van der Waals surface area (Å²) < 4.78 is 2.82. The van der Waals surface area contributed by atoms with Gasteiger partial charge in [-0.25, -0.2) is 4.98 Å². The topological polar surface area (TPSA) is 70.2 Å². The predicted molar refractivity (Wildman–Crippen MR) is 89.6 cm³/mol. The van der Waals surface area contributed by atoms with Crippen molar-refractivity contribution in [3.05, 3.63) is 70.1 Å². The highest BCUT2D eigenvalue weighted by atomic mass is 79.9. The van der Waals surface area contributed by atoms with E-state index in [2.05, 4.69) is 32.3 Å². The van der Waals surface area contributed by atoms with Gasteiger partial charge >= 0.3 is 0 Å². The highest BCUT2D eigenvalue weighted by Gasteiger charge is 2.09. The first-order valence-electron chi connectivity index (χ1n) is 7.03. The van der Waals surface area contributed by atoms with Crippen LogP contribution in [0.2, 0.25) is 0 Å². The molecule has 2 heterocycles. The van der Waals surface area contributed by atoms with Crippen LogP contribution >= 0.6 is 15.9 Å². The zero-order chi connectivity index (χ0) is 16.2. The Morgan fingerprint density at radius 3 is 3.04 bits per heavy atom. The third kappa shape index (κ3) is 3.58. The lowest BCUT2D eigenvalue weighted by Gasteiger charge is -2.06. The van der Waals surface area contributed by atoms with Gasteiger partial charge in [0.1, 0.15) is 5.65 Å². The van der Waals surface area contributed by atoms with Crippen LogP contribution in [0.3, 0.4) is 0 Å². The zero-order valence-corrected chi connectivity index (χ0v) is 13.7. The molecule has 23 heavy (non-hydrogen) atoms. The van der Waals surface area contributed by atoms with Crippen LogP contribution in [0.1, 0.15) is 16.8 Å². The molecule has 0 fully saturated rings. The van der Waals surface area contributed by atoms with Crippen LogP contribution in [0.15, 0.2) is 53.3 Å². The van der Waals surface area contributed by atoms with Crippen molar-refractivity contribution < 1.29 is 4.79 Å². The van der Waals surface area contributed by atoms with Gasteiger partial charge < -0.3 is 9.72 Å². The normalized spacial score (nSPS) is 10.4. The molecule has 1 amide bonds. The molecular formula is C17H13BrN4O. The molecule has 0 aliphatic rings. The lowest BCUT2D eigenvalue weighted by Crippen LogP contribution is -2.25. The van der Waals surface area contributed by atoms with Crippen molar-refractivity contribution in [3.63, 3.8) is 0 Å². The first-order chi connectivity index (χ1) is 11.2. The molecule has 1 N–H and O–H groups in total. The van der Waals surface area contributed by atoms with Crippen molar-refractivity contribution in [2.24, 2.45) is 0 Å². The molecule has 0 spiro atoms. The van der Waals surface area contributed by atoms with Gasteiger partial charge in [0.05, 0.1) is 23.7 Å². The molecule has 114 valence electrons. The fraction of sp³-hybridized carbons (Fsp3) is 0.118. The molecule has 6 heteroatoms. The SMILES string of the molecule is N#Cc1cccc(CNC(=O)Cc2cnc3ccc(Br)cn23)c1. The number of rotatable bonds is 4. The van der Waals surface area contributed by atoms with Gasteiger partial charge in [0.15, 0.2) is 0 Å². The van der Waals surface area contributed by atoms with Crippen LogP contribution in [0.5, 0.6) is 0 Å². The van der Waals surface area contributed by atoms with Crippen LogP contribution in [0.4, 0.5) is 0 Å². The van der Waals surface area contributed by atoms with Crippen molar-refractivity contribution in [3.8, 4) is 6.07 Å². The Hall–Kier alpha value is -2.65. The van der Waals surface area contributed by atoms with E-state index in [9.17, 15) is 4.79 Å². The number of aromatic nitrogens is 2. The van der Waals surface area contributed by atoms with Crippen molar-refractivity contribution >= 4 is 27.5 Å². The summed E-state index contributed by atoms with van der Waals surface area (Å²) in [5.74, 6) is -0.0888. The molecular weight excluding hydrogens is 356 g/mol. The summed E-state index contributed by atoms with van der Waals surface area (Å²) in [5, 5.41) is 11.7. The minimum absolute atomic E-state index is 0.0888. The summed E-state index contributed by atoms with van der Waals surface area (Å²) >= 11 is 3.42. The quantitative estimate of drug-likeness (QED) is 0.769. The van der Waals surface area contributed by atoms with Gasteiger partial charge in [0.2, 0.25) is 5.91 Å². The van der Waals surface area contributed by atoms with Crippen LogP contribution < -0.4 is 5.32 Å². The van der Waals surface area contributed by atoms with E-state index in [1.807, 2.05) is 34.9 Å². The van der Waals surface area contributed by atoms with Gasteiger partial charge in [-0.05, 0) is 45.8 Å². The molecule has 0 atom stereocenters. The second-order valence-corrected chi connectivity index (χ2v) is 6.01. The van der Waals surface area contributed by atoms with Gasteiger partial charge in [-0.3, -0.25) is 4.79 Å². The third-order valence-corrected chi connectivity index (χ3v) is 3.90. The summed E-state index contributed by atoms with van der Waals surface area (Å²) in [5.41, 5.74) is 3.11. The van der Waals surface area contributed by atoms with Gasteiger partial charge in [-0.15, -0.1) is 0 Å². The van der Waals surface area contributed by atoms with Gasteiger partial charge in [-0.1, -0.05) is 12.1 Å². The lowest BCUT2D eigenvalue weighted by molar-refractivity contribution is -0.120. The van der Waals surface area contributed by atoms with Crippen molar-refractivity contribution in [1.29, 1.82) is 5.26 Å². The number of nitrogens with zero attached hydrogens (tertiary/aromatic N) is 3. The second kappa shape index (κ2) is 6.63. The first kappa shape index (κ1) is 15.3. The molecule has 0 saturated carbocycles. The number of hydrogen-bond acceptors (Lipinski definition) is 3. The fourth-order valence-electron chi connectivity index (χ4n) is 2.31. The first-order valence-corrected chi connectivity index (χ1v) is 7.82. The Kier molecular flexibility index (Phi) is 4.40. The Morgan fingerprint density at radius 1 is 1.35 bits per heavy atom. The number of imidazole rings is 1. The molecule has 2 aromatic heterocycles. The number of benzene rings is 1. The Morgan fingerprint density at radius 2 is 2.22 bits per heavy atom. The number of carbonyl (C=O) groups excluding carboxylic acids is 1. The number of nitrogens with one attached hydrogen (secondary N) is 1. The molecule has 5 nitrogen and oxygen atoms in total. The molecule has 0 aliphatic heterocycles. The van der Waals surface area contributed by atoms with Crippen LogP contribution in [-0.4, -0.2) is 15.3 Å². The van der Waals surface area contributed by atoms with E-state index >= 15 is 0 Å². The third-order valence-electron chi connectivity index (χ3n) is 3.43. The molecule has 1 aromatic carbocycles. The molecule has 3 aromatic rings. The summed E-state index contributed by atoms with van der Waals surface area (Å²) in [6.45, 7) is 0.398. The summed E-state index contributed by atoms with van der Waals surface area (Å²) in [7, 11) is 0. The summed E-state index contributed by atoms with van der Waals surface area (Å²) in [4.78, 5) is 16.4. The number of halogens is 1. The molecule has 0 saturated heterocycles. The van der Waals surface area contributed by atoms with Gasteiger partial charge in [0.25, 0.3) is 0 Å². The summed E-state index contributed by atoms with van der Waals surface area (Å²) in [6.07, 6.45) is 3.84. The van der Waals surface area contributed by atoms with Crippen molar-refractivity contribution in [2.45, 2.75) is 13.0 Å². The fourth-order valence-corrected chi connectivity index (χ4v) is 2.65. The number of pyridine rings is 1. The zero-order valence-electron chi connectivity index (χ0n) is 12.2. The van der Waals surface area contributed by atoms with E-state index in [0.717, 1.165) is 21.4 Å². The average Bonchev–Trinajstić information content (AvgIpc) is 2.95. The maximum absolute atomic E-state index is 12.1. The number of carbonyl (C=O) groups is 1. The van der Waals surface area contributed by atoms with E-state index in [-0.39, 0.29) is 12.3 Å². The second-order valence-electron chi connectivity index (χ2n) is 5.09. The van der Waals surface area contributed by atoms with Crippen molar-refractivity contribution in [1.82, 2.24) is 14.7 Å². The number of nitriles is 1. The monoisotopic (exact) mass is 368 g/mol.